The number of nitrogens with zero attached hydrogens (tertiary/aromatic N) is 1. The third kappa shape index (κ3) is 4.80. The SMILES string of the molecule is CS(=O)(=O)Nc1ncc(C(F)(F)F)cc1NC(=O)c1ccc2c(c1)CCCC2. The van der Waals surface area contributed by atoms with Gasteiger partial charge in [0.15, 0.2) is 5.82 Å². The lowest BCUT2D eigenvalue weighted by molar-refractivity contribution is -0.137. The molecule has 0 fully saturated rings. The van der Waals surface area contributed by atoms with Crippen LogP contribution in [0.3, 0.4) is 0 Å². The fourth-order valence-electron chi connectivity index (χ4n) is 3.04. The van der Waals surface area contributed by atoms with Gasteiger partial charge >= 0.3 is 6.18 Å². The molecule has 1 aromatic carbocycles. The van der Waals surface area contributed by atoms with E-state index in [1.165, 1.54) is 0 Å². The topological polar surface area (TPSA) is 88.2 Å². The van der Waals surface area contributed by atoms with Gasteiger partial charge in [-0.2, -0.15) is 13.2 Å². The number of hydrogen-bond acceptors (Lipinski definition) is 4. The monoisotopic (exact) mass is 413 g/mol. The molecule has 0 saturated heterocycles. The number of benzene rings is 1. The second-order valence-electron chi connectivity index (χ2n) is 6.64. The standard InChI is InChI=1S/C18H18F3N3O3S/c1-28(26,27)24-16-15(9-14(10-22-16)18(19,20)21)23-17(25)13-7-6-11-4-2-3-5-12(11)8-13/h6-10H,2-5H2,1H3,(H,22,24)(H,23,25). The Morgan fingerprint density at radius 2 is 1.79 bits per heavy atom. The molecule has 1 amide bonds. The van der Waals surface area contributed by atoms with Crippen LogP contribution in [0.15, 0.2) is 30.5 Å². The van der Waals surface area contributed by atoms with E-state index in [2.05, 4.69) is 10.3 Å². The number of aryl methyl sites for hydroxylation is 2. The maximum absolute atomic E-state index is 13.0. The molecule has 10 heteroatoms. The smallest absolute Gasteiger partial charge is 0.319 e. The van der Waals surface area contributed by atoms with Crippen molar-refractivity contribution in [2.24, 2.45) is 0 Å². The highest BCUT2D eigenvalue weighted by Crippen LogP contribution is 2.33. The van der Waals surface area contributed by atoms with Crippen LogP contribution in [-0.4, -0.2) is 25.6 Å². The van der Waals surface area contributed by atoms with Crippen molar-refractivity contribution < 1.29 is 26.4 Å². The molecule has 1 aromatic heterocycles. The fraction of sp³-hybridized carbons (Fsp3) is 0.333. The minimum atomic E-state index is -4.69. The Morgan fingerprint density at radius 3 is 2.43 bits per heavy atom. The van der Waals surface area contributed by atoms with Gasteiger partial charge < -0.3 is 5.32 Å². The van der Waals surface area contributed by atoms with Gasteiger partial charge in [-0.3, -0.25) is 9.52 Å². The Balaban J connectivity index is 1.93. The number of carbonyl (C=O) groups excluding carboxylic acids is 1. The first-order chi connectivity index (χ1) is 13.0. The van der Waals surface area contributed by atoms with Gasteiger partial charge in [0, 0.05) is 11.8 Å². The molecule has 2 aromatic rings. The summed E-state index contributed by atoms with van der Waals surface area (Å²) < 4.78 is 63.9. The number of rotatable bonds is 4. The molecule has 150 valence electrons. The van der Waals surface area contributed by atoms with E-state index in [1.807, 2.05) is 10.8 Å². The Morgan fingerprint density at radius 1 is 1.11 bits per heavy atom. The molecule has 3 rings (SSSR count). The quantitative estimate of drug-likeness (QED) is 0.802. The summed E-state index contributed by atoms with van der Waals surface area (Å²) in [5, 5.41) is 2.34. The Bertz CT molecular complexity index is 1020. The zero-order valence-corrected chi connectivity index (χ0v) is 15.7. The van der Waals surface area contributed by atoms with E-state index in [4.69, 9.17) is 0 Å². The van der Waals surface area contributed by atoms with Crippen molar-refractivity contribution in [2.45, 2.75) is 31.9 Å². The third-order valence-corrected chi connectivity index (χ3v) is 4.92. The van der Waals surface area contributed by atoms with E-state index < -0.39 is 27.7 Å². The molecule has 28 heavy (non-hydrogen) atoms. The average molecular weight is 413 g/mol. The van der Waals surface area contributed by atoms with Crippen molar-refractivity contribution in [3.63, 3.8) is 0 Å². The van der Waals surface area contributed by atoms with Gasteiger partial charge in [-0.15, -0.1) is 0 Å². The summed E-state index contributed by atoms with van der Waals surface area (Å²) in [5.41, 5.74) is 0.997. The second kappa shape index (κ2) is 7.42. The predicted molar refractivity (Wildman–Crippen MR) is 98.7 cm³/mol. The van der Waals surface area contributed by atoms with Crippen LogP contribution < -0.4 is 10.0 Å². The number of fused-ring (bicyclic) bond motifs is 1. The van der Waals surface area contributed by atoms with Crippen LogP contribution in [-0.2, 0) is 29.0 Å². The predicted octanol–water partition coefficient (Wildman–Crippen LogP) is 3.60. The van der Waals surface area contributed by atoms with Crippen LogP contribution in [0.4, 0.5) is 24.7 Å². The summed E-state index contributed by atoms with van der Waals surface area (Å²) in [5.74, 6) is -1.03. The summed E-state index contributed by atoms with van der Waals surface area (Å²) in [4.78, 5) is 16.1. The van der Waals surface area contributed by atoms with Crippen molar-refractivity contribution in [2.75, 3.05) is 16.3 Å². The van der Waals surface area contributed by atoms with E-state index in [1.54, 1.807) is 12.1 Å². The lowest BCUT2D eigenvalue weighted by Gasteiger charge is -2.17. The minimum absolute atomic E-state index is 0.281. The highest BCUT2D eigenvalue weighted by Gasteiger charge is 2.32. The first kappa shape index (κ1) is 20.1. The molecule has 0 aliphatic heterocycles. The van der Waals surface area contributed by atoms with Crippen LogP contribution in [0.5, 0.6) is 0 Å². The number of nitrogens with one attached hydrogen (secondary N) is 2. The van der Waals surface area contributed by atoms with Crippen LogP contribution in [0.2, 0.25) is 0 Å². The lowest BCUT2D eigenvalue weighted by atomic mass is 9.90. The highest BCUT2D eigenvalue weighted by atomic mass is 32.2. The molecule has 0 unspecified atom stereocenters. The zero-order chi connectivity index (χ0) is 20.5. The molecule has 1 aliphatic rings. The first-order valence-corrected chi connectivity index (χ1v) is 10.4. The van der Waals surface area contributed by atoms with Gasteiger partial charge in [-0.25, -0.2) is 13.4 Å². The van der Waals surface area contributed by atoms with E-state index in [-0.39, 0.29) is 17.1 Å². The van der Waals surface area contributed by atoms with Crippen LogP contribution in [0, 0.1) is 0 Å². The van der Waals surface area contributed by atoms with Gasteiger partial charge in [-0.1, -0.05) is 6.07 Å². The van der Waals surface area contributed by atoms with E-state index in [9.17, 15) is 26.4 Å². The van der Waals surface area contributed by atoms with Crippen molar-refractivity contribution in [1.29, 1.82) is 0 Å². The number of hydrogen-bond donors (Lipinski definition) is 2. The molecule has 1 heterocycles. The summed E-state index contributed by atoms with van der Waals surface area (Å²) in [7, 11) is -3.81. The molecule has 1 aliphatic carbocycles. The highest BCUT2D eigenvalue weighted by molar-refractivity contribution is 7.92. The van der Waals surface area contributed by atoms with E-state index in [0.717, 1.165) is 43.1 Å². The number of alkyl halides is 3. The van der Waals surface area contributed by atoms with Crippen molar-refractivity contribution in [3.05, 3.63) is 52.7 Å². The second-order valence-corrected chi connectivity index (χ2v) is 8.39. The lowest BCUT2D eigenvalue weighted by Crippen LogP contribution is -2.19. The maximum atomic E-state index is 13.0. The summed E-state index contributed by atoms with van der Waals surface area (Å²) >= 11 is 0. The number of anilines is 2. The minimum Gasteiger partial charge on any atom is -0.319 e. The average Bonchev–Trinajstić information content (AvgIpc) is 2.60. The Labute approximate surface area is 160 Å². The Hall–Kier alpha value is -2.62. The largest absolute Gasteiger partial charge is 0.417 e. The normalized spacial score (nSPS) is 14.3. The molecule has 0 atom stereocenters. The molecule has 0 saturated carbocycles. The van der Waals surface area contributed by atoms with Crippen LogP contribution >= 0.6 is 0 Å². The molecule has 0 spiro atoms. The van der Waals surface area contributed by atoms with Crippen LogP contribution in [0.1, 0.15) is 39.9 Å². The molecular weight excluding hydrogens is 395 g/mol. The molecule has 2 N–H and O–H groups in total. The van der Waals surface area contributed by atoms with Crippen molar-refractivity contribution in [1.82, 2.24) is 4.98 Å². The molecule has 6 nitrogen and oxygen atoms in total. The number of aromatic nitrogens is 1. The summed E-state index contributed by atoms with van der Waals surface area (Å²) in [6.45, 7) is 0. The summed E-state index contributed by atoms with van der Waals surface area (Å²) in [6.07, 6.45) is 0.498. The first-order valence-electron chi connectivity index (χ1n) is 8.51. The van der Waals surface area contributed by atoms with Gasteiger partial charge in [-0.05, 0) is 55.0 Å². The van der Waals surface area contributed by atoms with Gasteiger partial charge in [0.25, 0.3) is 5.91 Å². The van der Waals surface area contributed by atoms with Gasteiger partial charge in [0.05, 0.1) is 17.5 Å². The van der Waals surface area contributed by atoms with E-state index in [0.29, 0.717) is 12.3 Å². The maximum Gasteiger partial charge on any atom is 0.417 e. The van der Waals surface area contributed by atoms with Gasteiger partial charge in [0.1, 0.15) is 0 Å². The Kier molecular flexibility index (Phi) is 5.33. The van der Waals surface area contributed by atoms with Crippen molar-refractivity contribution in [3.8, 4) is 0 Å². The number of pyridine rings is 1. The van der Waals surface area contributed by atoms with Crippen molar-refractivity contribution >= 4 is 27.4 Å². The number of carbonyl (C=O) groups is 1. The third-order valence-electron chi connectivity index (χ3n) is 4.36. The molecular formula is C18H18F3N3O3S. The number of halogens is 3. The molecule has 0 bridgehead atoms. The van der Waals surface area contributed by atoms with Gasteiger partial charge in [0.2, 0.25) is 10.0 Å². The fourth-order valence-corrected chi connectivity index (χ4v) is 3.56. The summed E-state index contributed by atoms with van der Waals surface area (Å²) in [6, 6.07) is 5.80. The van der Waals surface area contributed by atoms with Crippen LogP contribution in [0.25, 0.3) is 0 Å². The van der Waals surface area contributed by atoms with E-state index >= 15 is 0 Å². The number of amides is 1. The zero-order valence-electron chi connectivity index (χ0n) is 14.9. The molecule has 0 radical (unpaired) electrons. The number of sulfonamides is 1.